The van der Waals surface area contributed by atoms with E-state index in [2.05, 4.69) is 26.7 Å². The Morgan fingerprint density at radius 1 is 1.15 bits per heavy atom. The second-order valence-corrected chi connectivity index (χ2v) is 11.2. The number of aliphatic hydroxyl groups is 1. The van der Waals surface area contributed by atoms with Gasteiger partial charge >= 0.3 is 0 Å². The van der Waals surface area contributed by atoms with Crippen molar-refractivity contribution in [2.45, 2.75) is 54.7 Å². The summed E-state index contributed by atoms with van der Waals surface area (Å²) in [5.41, 5.74) is 6.55. The topological polar surface area (TPSA) is 101 Å². The molecule has 0 saturated carbocycles. The zero-order chi connectivity index (χ0) is 23.7. The normalized spacial score (nSPS) is 25.3. The fourth-order valence-electron chi connectivity index (χ4n) is 5.33. The summed E-state index contributed by atoms with van der Waals surface area (Å²) in [5.74, 6) is 2.07. The van der Waals surface area contributed by atoms with Crippen LogP contribution in [0.4, 0.5) is 11.6 Å². The van der Waals surface area contributed by atoms with Crippen LogP contribution < -0.4 is 15.5 Å². The Bertz CT molecular complexity index is 980. The van der Waals surface area contributed by atoms with Crippen LogP contribution in [0.25, 0.3) is 0 Å². The summed E-state index contributed by atoms with van der Waals surface area (Å²) in [6.45, 7) is 6.62. The molecule has 8 nitrogen and oxygen atoms in total. The van der Waals surface area contributed by atoms with Crippen LogP contribution in [0.2, 0.25) is 5.02 Å². The SMILES string of the molecule is C[C@@H]1OCC2(CCN(c3cnc(Sc4ccnc(N5CCC(CO)CC5)c4Cl)cn3)CC2)[C@@H]1N. The maximum Gasteiger partial charge on any atom is 0.148 e. The highest BCUT2D eigenvalue weighted by atomic mass is 35.5. The average Bonchev–Trinajstić information content (AvgIpc) is 3.15. The van der Waals surface area contributed by atoms with E-state index in [-0.39, 0.29) is 24.2 Å². The average molecular weight is 505 g/mol. The molecule has 0 unspecified atom stereocenters. The number of aromatic nitrogens is 3. The molecule has 0 radical (unpaired) electrons. The van der Waals surface area contributed by atoms with Gasteiger partial charge in [-0.1, -0.05) is 23.4 Å². The van der Waals surface area contributed by atoms with Crippen LogP contribution in [0.1, 0.15) is 32.6 Å². The van der Waals surface area contributed by atoms with Gasteiger partial charge in [-0.25, -0.2) is 15.0 Å². The Morgan fingerprint density at radius 2 is 1.91 bits per heavy atom. The molecular formula is C24H33ClN6O2S. The Hall–Kier alpha value is -1.65. The molecule has 3 fully saturated rings. The number of anilines is 2. The van der Waals surface area contributed by atoms with Gasteiger partial charge in [0.1, 0.15) is 16.7 Å². The van der Waals surface area contributed by atoms with E-state index >= 15 is 0 Å². The number of nitrogens with two attached hydrogens (primary N) is 1. The van der Waals surface area contributed by atoms with Crippen LogP contribution in [0.3, 0.4) is 0 Å². The summed E-state index contributed by atoms with van der Waals surface area (Å²) in [6.07, 6.45) is 9.54. The second-order valence-electron chi connectivity index (χ2n) is 9.77. The molecule has 5 rings (SSSR count). The van der Waals surface area contributed by atoms with Gasteiger partial charge in [-0.3, -0.25) is 0 Å². The van der Waals surface area contributed by atoms with Gasteiger partial charge in [0, 0.05) is 55.3 Å². The first-order valence-electron chi connectivity index (χ1n) is 12.1. The van der Waals surface area contributed by atoms with E-state index in [1.807, 2.05) is 18.5 Å². The minimum atomic E-state index is 0.0995. The van der Waals surface area contributed by atoms with Crippen LogP contribution in [-0.2, 0) is 4.74 Å². The lowest BCUT2D eigenvalue weighted by Gasteiger charge is -2.41. The van der Waals surface area contributed by atoms with Gasteiger partial charge in [0.2, 0.25) is 0 Å². The summed E-state index contributed by atoms with van der Waals surface area (Å²) in [4.78, 5) is 19.3. The number of aliphatic hydroxyl groups excluding tert-OH is 1. The lowest BCUT2D eigenvalue weighted by atomic mass is 9.73. The van der Waals surface area contributed by atoms with Crippen molar-refractivity contribution in [3.63, 3.8) is 0 Å². The Kier molecular flexibility index (Phi) is 7.18. The van der Waals surface area contributed by atoms with Crippen molar-refractivity contribution in [3.05, 3.63) is 29.7 Å². The van der Waals surface area contributed by atoms with Crippen molar-refractivity contribution in [2.24, 2.45) is 17.1 Å². The van der Waals surface area contributed by atoms with Gasteiger partial charge in [-0.2, -0.15) is 0 Å². The Morgan fingerprint density at radius 3 is 2.53 bits per heavy atom. The molecule has 184 valence electrons. The Balaban J connectivity index is 1.21. The van der Waals surface area contributed by atoms with Crippen molar-refractivity contribution in [3.8, 4) is 0 Å². The maximum atomic E-state index is 9.39. The molecule has 3 aliphatic rings. The van der Waals surface area contributed by atoms with Gasteiger partial charge < -0.3 is 25.4 Å². The monoisotopic (exact) mass is 504 g/mol. The lowest BCUT2D eigenvalue weighted by Crippen LogP contribution is -2.50. The first-order chi connectivity index (χ1) is 16.5. The predicted octanol–water partition coefficient (Wildman–Crippen LogP) is 3.22. The molecule has 1 spiro atoms. The van der Waals surface area contributed by atoms with E-state index in [0.29, 0.717) is 10.9 Å². The van der Waals surface area contributed by atoms with E-state index in [0.717, 1.165) is 80.0 Å². The maximum absolute atomic E-state index is 9.39. The first-order valence-corrected chi connectivity index (χ1v) is 13.3. The van der Waals surface area contributed by atoms with Gasteiger partial charge in [-0.15, -0.1) is 0 Å². The number of hydrogen-bond donors (Lipinski definition) is 2. The second kappa shape index (κ2) is 10.1. The molecule has 34 heavy (non-hydrogen) atoms. The third kappa shape index (κ3) is 4.73. The molecule has 3 saturated heterocycles. The summed E-state index contributed by atoms with van der Waals surface area (Å²) in [6, 6.07) is 2.03. The highest BCUT2D eigenvalue weighted by Gasteiger charge is 2.47. The minimum Gasteiger partial charge on any atom is -0.396 e. The molecule has 2 atom stereocenters. The van der Waals surface area contributed by atoms with Crippen LogP contribution in [0.5, 0.6) is 0 Å². The molecule has 10 heteroatoms. The highest BCUT2D eigenvalue weighted by Crippen LogP contribution is 2.42. The van der Waals surface area contributed by atoms with Crippen LogP contribution >= 0.6 is 23.4 Å². The molecule has 0 amide bonds. The van der Waals surface area contributed by atoms with E-state index in [9.17, 15) is 5.11 Å². The van der Waals surface area contributed by atoms with Crippen molar-refractivity contribution < 1.29 is 9.84 Å². The minimum absolute atomic E-state index is 0.0995. The zero-order valence-corrected chi connectivity index (χ0v) is 21.1. The molecule has 2 aromatic heterocycles. The largest absolute Gasteiger partial charge is 0.396 e. The van der Waals surface area contributed by atoms with Crippen LogP contribution in [-0.4, -0.2) is 71.6 Å². The highest BCUT2D eigenvalue weighted by molar-refractivity contribution is 7.99. The molecule has 5 heterocycles. The number of ether oxygens (including phenoxy) is 1. The van der Waals surface area contributed by atoms with Crippen molar-refractivity contribution in [1.29, 1.82) is 0 Å². The molecule has 0 aliphatic carbocycles. The Labute approximate surface area is 210 Å². The van der Waals surface area contributed by atoms with Crippen molar-refractivity contribution >= 4 is 35.0 Å². The predicted molar refractivity (Wildman–Crippen MR) is 135 cm³/mol. The van der Waals surface area contributed by atoms with Gasteiger partial charge in [-0.05, 0) is 44.6 Å². The molecule has 3 N–H and O–H groups in total. The quantitative estimate of drug-likeness (QED) is 0.635. The number of rotatable bonds is 5. The van der Waals surface area contributed by atoms with Gasteiger partial charge in [0.05, 0.1) is 30.1 Å². The third-order valence-corrected chi connectivity index (χ3v) is 9.23. The first kappa shape index (κ1) is 24.1. The molecule has 2 aromatic rings. The van der Waals surface area contributed by atoms with E-state index in [4.69, 9.17) is 27.1 Å². The van der Waals surface area contributed by atoms with Crippen molar-refractivity contribution in [2.75, 3.05) is 49.2 Å². The summed E-state index contributed by atoms with van der Waals surface area (Å²) in [7, 11) is 0. The molecule has 0 aromatic carbocycles. The molecule has 0 bridgehead atoms. The molecule has 3 aliphatic heterocycles. The van der Waals surface area contributed by atoms with Crippen LogP contribution in [0.15, 0.2) is 34.6 Å². The fourth-order valence-corrected chi connectivity index (χ4v) is 6.43. The fraction of sp³-hybridized carbons (Fsp3) is 0.625. The van der Waals surface area contributed by atoms with E-state index in [1.54, 1.807) is 6.20 Å². The summed E-state index contributed by atoms with van der Waals surface area (Å²) in [5, 5.41) is 10.8. The number of pyridine rings is 1. The smallest absolute Gasteiger partial charge is 0.148 e. The van der Waals surface area contributed by atoms with E-state index in [1.165, 1.54) is 11.8 Å². The number of piperidine rings is 2. The number of halogens is 1. The standard InChI is InChI=1S/C24H33ClN6O2S/c1-16-22(26)24(15-33-16)5-10-30(11-6-24)19-12-29-20(13-28-19)34-18-2-7-27-23(21(18)25)31-8-3-17(14-32)4-9-31/h2,7,12-13,16-17,22,32H,3-6,8-11,14-15,26H2,1H3/t16-,22+/m0/s1. The van der Waals surface area contributed by atoms with Crippen LogP contribution in [0, 0.1) is 11.3 Å². The number of nitrogens with zero attached hydrogens (tertiary/aromatic N) is 5. The lowest BCUT2D eigenvalue weighted by molar-refractivity contribution is 0.0974. The zero-order valence-electron chi connectivity index (χ0n) is 19.6. The van der Waals surface area contributed by atoms with Gasteiger partial charge in [0.25, 0.3) is 0 Å². The van der Waals surface area contributed by atoms with E-state index < -0.39 is 0 Å². The summed E-state index contributed by atoms with van der Waals surface area (Å²) < 4.78 is 5.84. The molecular weight excluding hydrogens is 472 g/mol. The number of hydrogen-bond acceptors (Lipinski definition) is 9. The van der Waals surface area contributed by atoms with Crippen molar-refractivity contribution in [1.82, 2.24) is 15.0 Å². The third-order valence-electron chi connectivity index (χ3n) is 7.77. The summed E-state index contributed by atoms with van der Waals surface area (Å²) >= 11 is 8.25. The van der Waals surface area contributed by atoms with Gasteiger partial charge in [0.15, 0.2) is 0 Å².